The van der Waals surface area contributed by atoms with Gasteiger partial charge in [-0.3, -0.25) is 4.79 Å². The molecule has 0 radical (unpaired) electrons. The third-order valence-corrected chi connectivity index (χ3v) is 6.58. The number of nitrogens with zero attached hydrogens (tertiary/aromatic N) is 3. The molecule has 0 unspecified atom stereocenters. The van der Waals surface area contributed by atoms with Gasteiger partial charge in [0.2, 0.25) is 5.13 Å². The molecule has 0 fully saturated rings. The number of anilines is 1. The van der Waals surface area contributed by atoms with Gasteiger partial charge in [-0.05, 0) is 67.1 Å². The zero-order chi connectivity index (χ0) is 24.4. The van der Waals surface area contributed by atoms with Crippen molar-refractivity contribution in [1.82, 2.24) is 4.98 Å². The topological polar surface area (TPSA) is 85.0 Å². The Hall–Kier alpha value is -3.82. The summed E-state index contributed by atoms with van der Waals surface area (Å²) in [4.78, 5) is 30.9. The number of ether oxygens (including phenoxy) is 1. The van der Waals surface area contributed by atoms with E-state index in [-0.39, 0.29) is 5.56 Å². The van der Waals surface area contributed by atoms with Crippen LogP contribution < -0.4 is 15.4 Å². The molecule has 0 saturated carbocycles. The lowest BCUT2D eigenvalue weighted by Gasteiger charge is -2.13. The Morgan fingerprint density at radius 3 is 2.74 bits per heavy atom. The summed E-state index contributed by atoms with van der Waals surface area (Å²) in [6.07, 6.45) is 1.54. The fourth-order valence-electron chi connectivity index (χ4n) is 3.43. The molecule has 0 aliphatic heterocycles. The van der Waals surface area contributed by atoms with Gasteiger partial charge in [0.1, 0.15) is 16.9 Å². The molecule has 1 amide bonds. The second-order valence-corrected chi connectivity index (χ2v) is 9.38. The van der Waals surface area contributed by atoms with E-state index in [1.54, 1.807) is 18.2 Å². The number of rotatable bonds is 6. The summed E-state index contributed by atoms with van der Waals surface area (Å²) in [5.41, 5.74) is 1.00. The SMILES string of the molecule is CCOc1ccc(/C=N/N(C(=O)c2cc3ccccc3oc2=O)c2nc3ccc(Br)cc3s2)cc1. The van der Waals surface area contributed by atoms with Crippen LogP contribution in [0.25, 0.3) is 21.2 Å². The van der Waals surface area contributed by atoms with Crippen LogP contribution in [-0.4, -0.2) is 23.7 Å². The molecule has 9 heteroatoms. The lowest BCUT2D eigenvalue weighted by atomic mass is 10.2. The summed E-state index contributed by atoms with van der Waals surface area (Å²) in [6, 6.07) is 21.5. The molecule has 5 aromatic rings. The minimum absolute atomic E-state index is 0.131. The Labute approximate surface area is 212 Å². The van der Waals surface area contributed by atoms with E-state index in [0.717, 1.165) is 25.5 Å². The first kappa shape index (κ1) is 22.9. The number of thiazole rings is 1. The minimum Gasteiger partial charge on any atom is -0.494 e. The van der Waals surface area contributed by atoms with E-state index in [2.05, 4.69) is 26.0 Å². The first-order chi connectivity index (χ1) is 17.0. The maximum absolute atomic E-state index is 13.6. The molecule has 0 N–H and O–H groups in total. The van der Waals surface area contributed by atoms with Crippen molar-refractivity contribution in [3.8, 4) is 5.75 Å². The molecule has 0 aliphatic carbocycles. The van der Waals surface area contributed by atoms with Gasteiger partial charge >= 0.3 is 5.63 Å². The van der Waals surface area contributed by atoms with E-state index in [0.29, 0.717) is 28.2 Å². The summed E-state index contributed by atoms with van der Waals surface area (Å²) in [6.45, 7) is 2.48. The van der Waals surface area contributed by atoms with E-state index >= 15 is 0 Å². The summed E-state index contributed by atoms with van der Waals surface area (Å²) < 4.78 is 12.6. The highest BCUT2D eigenvalue weighted by molar-refractivity contribution is 9.10. The largest absolute Gasteiger partial charge is 0.494 e. The highest BCUT2D eigenvalue weighted by Gasteiger charge is 2.25. The lowest BCUT2D eigenvalue weighted by Crippen LogP contribution is -2.30. The van der Waals surface area contributed by atoms with Crippen molar-refractivity contribution in [3.05, 3.63) is 98.8 Å². The molecule has 0 aliphatic rings. The summed E-state index contributed by atoms with van der Waals surface area (Å²) in [7, 11) is 0. The van der Waals surface area contributed by atoms with E-state index < -0.39 is 11.5 Å². The highest BCUT2D eigenvalue weighted by Crippen LogP contribution is 2.32. The Morgan fingerprint density at radius 1 is 1.14 bits per heavy atom. The molecule has 3 aromatic carbocycles. The average molecular weight is 548 g/mol. The number of halogens is 1. The van der Waals surface area contributed by atoms with Gasteiger partial charge in [-0.25, -0.2) is 9.78 Å². The van der Waals surface area contributed by atoms with Crippen LogP contribution in [0.4, 0.5) is 5.13 Å². The molecule has 35 heavy (non-hydrogen) atoms. The molecule has 0 bridgehead atoms. The summed E-state index contributed by atoms with van der Waals surface area (Å²) in [5, 5.41) is 6.53. The number of hydrogen-bond acceptors (Lipinski definition) is 7. The van der Waals surface area contributed by atoms with Gasteiger partial charge in [0.25, 0.3) is 5.91 Å². The predicted molar refractivity (Wildman–Crippen MR) is 142 cm³/mol. The third-order valence-electron chi connectivity index (χ3n) is 5.10. The molecule has 2 heterocycles. The number of para-hydroxylation sites is 1. The average Bonchev–Trinajstić information content (AvgIpc) is 3.27. The molecular weight excluding hydrogens is 530 g/mol. The van der Waals surface area contributed by atoms with Crippen molar-refractivity contribution >= 4 is 65.7 Å². The fourth-order valence-corrected chi connectivity index (χ4v) is 4.91. The van der Waals surface area contributed by atoms with Crippen molar-refractivity contribution in [2.75, 3.05) is 11.6 Å². The smallest absolute Gasteiger partial charge is 0.349 e. The molecule has 7 nitrogen and oxygen atoms in total. The van der Waals surface area contributed by atoms with Crippen molar-refractivity contribution in [1.29, 1.82) is 0 Å². The van der Waals surface area contributed by atoms with Crippen molar-refractivity contribution in [2.24, 2.45) is 5.10 Å². The molecular formula is C26H18BrN3O4S. The van der Waals surface area contributed by atoms with Gasteiger partial charge in [0, 0.05) is 9.86 Å². The fraction of sp³-hybridized carbons (Fsp3) is 0.0769. The first-order valence-electron chi connectivity index (χ1n) is 10.7. The minimum atomic E-state index is -0.737. The standard InChI is InChI=1S/C26H18BrN3O4S/c1-2-33-19-10-7-16(8-11-19)15-28-30(26-29-21-12-9-18(27)14-23(21)35-26)24(31)20-13-17-5-3-4-6-22(17)34-25(20)32/h3-15H,2H2,1H3/b28-15+. The number of hydrogen-bond donors (Lipinski definition) is 0. The number of aromatic nitrogens is 1. The second-order valence-electron chi connectivity index (χ2n) is 7.46. The zero-order valence-electron chi connectivity index (χ0n) is 18.5. The van der Waals surface area contributed by atoms with Crippen LogP contribution in [0.2, 0.25) is 0 Å². The molecule has 5 rings (SSSR count). The Bertz CT molecular complexity index is 1630. The molecule has 2 aromatic heterocycles. The van der Waals surface area contributed by atoms with Crippen molar-refractivity contribution in [3.63, 3.8) is 0 Å². The van der Waals surface area contributed by atoms with Crippen LogP contribution in [0.15, 0.2) is 91.6 Å². The number of carbonyl (C=O) groups excluding carboxylic acids is 1. The van der Waals surface area contributed by atoms with Crippen molar-refractivity contribution < 1.29 is 13.9 Å². The first-order valence-corrected chi connectivity index (χ1v) is 12.3. The molecule has 0 spiro atoms. The lowest BCUT2D eigenvalue weighted by molar-refractivity contribution is 0.0984. The number of hydrazone groups is 1. The zero-order valence-corrected chi connectivity index (χ0v) is 20.9. The predicted octanol–water partition coefficient (Wildman–Crippen LogP) is 6.24. The van der Waals surface area contributed by atoms with Gasteiger partial charge in [0.15, 0.2) is 0 Å². The van der Waals surface area contributed by atoms with Gasteiger partial charge in [-0.2, -0.15) is 10.1 Å². The van der Waals surface area contributed by atoms with Gasteiger partial charge in [0.05, 0.1) is 23.0 Å². The van der Waals surface area contributed by atoms with Crippen LogP contribution in [0.3, 0.4) is 0 Å². The Kier molecular flexibility index (Phi) is 6.43. The second kappa shape index (κ2) is 9.81. The number of amides is 1. The Morgan fingerprint density at radius 2 is 1.94 bits per heavy atom. The van der Waals surface area contributed by atoms with Crippen molar-refractivity contribution in [2.45, 2.75) is 6.92 Å². The summed E-state index contributed by atoms with van der Waals surface area (Å²) >= 11 is 4.75. The highest BCUT2D eigenvalue weighted by atomic mass is 79.9. The monoisotopic (exact) mass is 547 g/mol. The molecule has 174 valence electrons. The van der Waals surface area contributed by atoms with Gasteiger partial charge in [-0.15, -0.1) is 0 Å². The van der Waals surface area contributed by atoms with E-state index in [4.69, 9.17) is 9.15 Å². The van der Waals surface area contributed by atoms with Crippen LogP contribution in [0, 0.1) is 0 Å². The number of fused-ring (bicyclic) bond motifs is 2. The van der Waals surface area contributed by atoms with E-state index in [1.807, 2.05) is 55.5 Å². The number of carbonyl (C=O) groups is 1. The van der Waals surface area contributed by atoms with E-state index in [1.165, 1.54) is 23.6 Å². The quantitative estimate of drug-likeness (QED) is 0.142. The van der Waals surface area contributed by atoms with Crippen LogP contribution in [0.1, 0.15) is 22.8 Å². The normalized spacial score (nSPS) is 11.4. The van der Waals surface area contributed by atoms with Crippen LogP contribution in [-0.2, 0) is 0 Å². The van der Waals surface area contributed by atoms with Crippen LogP contribution >= 0.6 is 27.3 Å². The van der Waals surface area contributed by atoms with Crippen LogP contribution in [0.5, 0.6) is 5.75 Å². The number of benzene rings is 3. The molecule has 0 saturated heterocycles. The van der Waals surface area contributed by atoms with E-state index in [9.17, 15) is 9.59 Å². The van der Waals surface area contributed by atoms with Gasteiger partial charge in [-0.1, -0.05) is 45.5 Å². The maximum Gasteiger partial charge on any atom is 0.349 e. The molecule has 0 atom stereocenters. The Balaban J connectivity index is 1.57. The maximum atomic E-state index is 13.6. The third kappa shape index (κ3) is 4.87. The summed E-state index contributed by atoms with van der Waals surface area (Å²) in [5.74, 6) is 0.105. The van der Waals surface area contributed by atoms with Gasteiger partial charge < -0.3 is 9.15 Å².